The van der Waals surface area contributed by atoms with Crippen LogP contribution in [0.1, 0.15) is 19.3 Å². The summed E-state index contributed by atoms with van der Waals surface area (Å²) < 4.78 is 13.0. The highest BCUT2D eigenvalue weighted by molar-refractivity contribution is 5.85. The fraction of sp³-hybridized carbons (Fsp3) is 0.588. The van der Waals surface area contributed by atoms with E-state index in [4.69, 9.17) is 5.73 Å². The first-order chi connectivity index (χ1) is 11.0. The van der Waals surface area contributed by atoms with Crippen LogP contribution in [0, 0.1) is 11.7 Å². The number of carbonyl (C=O) groups excluding carboxylic acids is 1. The standard InChI is InChI=1S/C17H24FN3O2.2ClH/c18-13-2-4-14(5-3-13)20-7-9-21(10-8-20)17(23)12-1-6-15(19)16(22)11-12;;/h2-5,12,15-16,22H,1,6-11,19H2;2*1H/t12-,15+,16+;;/m0../s1. The van der Waals surface area contributed by atoms with E-state index in [0.29, 0.717) is 25.9 Å². The lowest BCUT2D eigenvalue weighted by Crippen LogP contribution is -2.52. The van der Waals surface area contributed by atoms with Crippen LogP contribution in [-0.4, -0.2) is 54.2 Å². The van der Waals surface area contributed by atoms with Gasteiger partial charge in [0, 0.05) is 43.8 Å². The third-order valence-electron chi connectivity index (χ3n) is 5.00. The summed E-state index contributed by atoms with van der Waals surface area (Å²) in [4.78, 5) is 16.6. The summed E-state index contributed by atoms with van der Waals surface area (Å²) in [6, 6.07) is 6.26. The lowest BCUT2D eigenvalue weighted by molar-refractivity contribution is -0.138. The normalized spacial score (nSPS) is 26.4. The van der Waals surface area contributed by atoms with Crippen molar-refractivity contribution in [2.75, 3.05) is 31.1 Å². The zero-order valence-electron chi connectivity index (χ0n) is 14.0. The summed E-state index contributed by atoms with van der Waals surface area (Å²) in [5, 5.41) is 9.87. The van der Waals surface area contributed by atoms with Crippen LogP contribution >= 0.6 is 24.8 Å². The Morgan fingerprint density at radius 1 is 1.08 bits per heavy atom. The van der Waals surface area contributed by atoms with E-state index in [1.165, 1.54) is 12.1 Å². The van der Waals surface area contributed by atoms with Crippen LogP contribution in [0.4, 0.5) is 10.1 Å². The van der Waals surface area contributed by atoms with E-state index in [-0.39, 0.29) is 48.5 Å². The SMILES string of the molecule is Cl.Cl.N[C@@H]1CC[C@H](C(=O)N2CCN(c3ccc(F)cc3)CC2)C[C@H]1O. The number of benzene rings is 1. The highest BCUT2D eigenvalue weighted by Gasteiger charge is 2.34. The second-order valence-electron chi connectivity index (χ2n) is 6.53. The van der Waals surface area contributed by atoms with Gasteiger partial charge in [0.2, 0.25) is 5.91 Å². The fourth-order valence-electron chi connectivity index (χ4n) is 3.49. The van der Waals surface area contributed by atoms with Gasteiger partial charge in [-0.05, 0) is 43.5 Å². The van der Waals surface area contributed by atoms with Gasteiger partial charge in [-0.25, -0.2) is 4.39 Å². The van der Waals surface area contributed by atoms with Gasteiger partial charge in [-0.1, -0.05) is 0 Å². The molecular weight excluding hydrogens is 368 g/mol. The van der Waals surface area contributed by atoms with Gasteiger partial charge in [0.25, 0.3) is 0 Å². The molecule has 1 saturated carbocycles. The number of hydrogen-bond donors (Lipinski definition) is 2. The maximum Gasteiger partial charge on any atom is 0.225 e. The molecule has 1 aliphatic heterocycles. The third-order valence-corrected chi connectivity index (χ3v) is 5.00. The predicted molar refractivity (Wildman–Crippen MR) is 101 cm³/mol. The predicted octanol–water partition coefficient (Wildman–Crippen LogP) is 1.81. The molecular formula is C17H26Cl2FN3O2. The molecule has 1 aromatic carbocycles. The van der Waals surface area contributed by atoms with E-state index in [2.05, 4.69) is 4.90 Å². The second kappa shape index (κ2) is 9.57. The number of hydrogen-bond acceptors (Lipinski definition) is 4. The number of carbonyl (C=O) groups is 1. The topological polar surface area (TPSA) is 69.8 Å². The molecule has 3 atom stereocenters. The van der Waals surface area contributed by atoms with Crippen LogP contribution in [0.25, 0.3) is 0 Å². The number of aliphatic hydroxyl groups is 1. The first-order valence-corrected chi connectivity index (χ1v) is 8.27. The van der Waals surface area contributed by atoms with Crippen molar-refractivity contribution in [2.24, 2.45) is 11.7 Å². The van der Waals surface area contributed by atoms with E-state index >= 15 is 0 Å². The number of halogens is 3. The summed E-state index contributed by atoms with van der Waals surface area (Å²) >= 11 is 0. The number of amides is 1. The van der Waals surface area contributed by atoms with Crippen molar-refractivity contribution in [3.05, 3.63) is 30.1 Å². The van der Waals surface area contributed by atoms with Crippen LogP contribution in [-0.2, 0) is 4.79 Å². The Morgan fingerprint density at radius 2 is 1.68 bits per heavy atom. The van der Waals surface area contributed by atoms with Crippen molar-refractivity contribution < 1.29 is 14.3 Å². The number of anilines is 1. The van der Waals surface area contributed by atoms with Crippen LogP contribution in [0.3, 0.4) is 0 Å². The van der Waals surface area contributed by atoms with Crippen molar-refractivity contribution in [1.82, 2.24) is 4.90 Å². The average Bonchev–Trinajstić information content (AvgIpc) is 2.57. The number of nitrogens with zero attached hydrogens (tertiary/aromatic N) is 2. The number of piperazine rings is 1. The first kappa shape index (κ1) is 22.0. The largest absolute Gasteiger partial charge is 0.391 e. The number of nitrogens with two attached hydrogens (primary N) is 1. The smallest absolute Gasteiger partial charge is 0.225 e. The molecule has 2 aliphatic rings. The molecule has 2 fully saturated rings. The fourth-order valence-corrected chi connectivity index (χ4v) is 3.49. The molecule has 0 bridgehead atoms. The Bertz CT molecular complexity index is 553. The van der Waals surface area contributed by atoms with Crippen molar-refractivity contribution in [1.29, 1.82) is 0 Å². The highest BCUT2D eigenvalue weighted by atomic mass is 35.5. The summed E-state index contributed by atoms with van der Waals surface area (Å²) in [6.07, 6.45) is 1.36. The first-order valence-electron chi connectivity index (χ1n) is 8.27. The van der Waals surface area contributed by atoms with Gasteiger partial charge < -0.3 is 20.6 Å². The molecule has 8 heteroatoms. The Morgan fingerprint density at radius 3 is 2.24 bits per heavy atom. The zero-order valence-corrected chi connectivity index (χ0v) is 15.6. The zero-order chi connectivity index (χ0) is 16.4. The van der Waals surface area contributed by atoms with Gasteiger partial charge in [-0.2, -0.15) is 0 Å². The molecule has 0 aromatic heterocycles. The Hall–Kier alpha value is -1.08. The summed E-state index contributed by atoms with van der Waals surface area (Å²) in [6.45, 7) is 2.81. The number of aliphatic hydroxyl groups excluding tert-OH is 1. The molecule has 3 N–H and O–H groups in total. The summed E-state index contributed by atoms with van der Waals surface area (Å²) in [7, 11) is 0. The van der Waals surface area contributed by atoms with E-state index in [1.54, 1.807) is 12.1 Å². The number of rotatable bonds is 2. The maximum absolute atomic E-state index is 13.0. The molecule has 1 aromatic rings. The van der Waals surface area contributed by atoms with Crippen molar-refractivity contribution in [3.63, 3.8) is 0 Å². The molecule has 0 radical (unpaired) electrons. The molecule has 3 rings (SSSR count). The van der Waals surface area contributed by atoms with Gasteiger partial charge in [-0.15, -0.1) is 24.8 Å². The lowest BCUT2D eigenvalue weighted by Gasteiger charge is -2.39. The molecule has 1 amide bonds. The van der Waals surface area contributed by atoms with Crippen molar-refractivity contribution in [3.8, 4) is 0 Å². The molecule has 0 spiro atoms. The van der Waals surface area contributed by atoms with Crippen LogP contribution < -0.4 is 10.6 Å². The van der Waals surface area contributed by atoms with E-state index in [9.17, 15) is 14.3 Å². The quantitative estimate of drug-likeness (QED) is 0.803. The minimum atomic E-state index is -0.571. The van der Waals surface area contributed by atoms with Gasteiger partial charge >= 0.3 is 0 Å². The summed E-state index contributed by atoms with van der Waals surface area (Å²) in [5.74, 6) is -0.214. The lowest BCUT2D eigenvalue weighted by atomic mass is 9.83. The van der Waals surface area contributed by atoms with Gasteiger partial charge in [-0.3, -0.25) is 4.79 Å². The molecule has 1 heterocycles. The summed E-state index contributed by atoms with van der Waals surface area (Å²) in [5.41, 5.74) is 6.79. The second-order valence-corrected chi connectivity index (χ2v) is 6.53. The molecule has 5 nitrogen and oxygen atoms in total. The maximum atomic E-state index is 13.0. The molecule has 1 saturated heterocycles. The monoisotopic (exact) mass is 393 g/mol. The van der Waals surface area contributed by atoms with E-state index in [1.807, 2.05) is 4.90 Å². The molecule has 142 valence electrons. The highest BCUT2D eigenvalue weighted by Crippen LogP contribution is 2.26. The van der Waals surface area contributed by atoms with Gasteiger partial charge in [0.15, 0.2) is 0 Å². The molecule has 0 unspecified atom stereocenters. The van der Waals surface area contributed by atoms with Gasteiger partial charge in [0.1, 0.15) is 5.82 Å². The van der Waals surface area contributed by atoms with Crippen LogP contribution in [0.2, 0.25) is 0 Å². The Kier molecular flexibility index (Phi) is 8.41. The Labute approximate surface area is 160 Å². The minimum absolute atomic E-state index is 0. The van der Waals surface area contributed by atoms with Crippen molar-refractivity contribution in [2.45, 2.75) is 31.4 Å². The third kappa shape index (κ3) is 5.20. The van der Waals surface area contributed by atoms with Gasteiger partial charge in [0.05, 0.1) is 6.10 Å². The minimum Gasteiger partial charge on any atom is -0.391 e. The van der Waals surface area contributed by atoms with Crippen LogP contribution in [0.5, 0.6) is 0 Å². The molecule has 1 aliphatic carbocycles. The Balaban J connectivity index is 0.00000156. The van der Waals surface area contributed by atoms with Crippen molar-refractivity contribution >= 4 is 36.4 Å². The van der Waals surface area contributed by atoms with E-state index < -0.39 is 6.10 Å². The van der Waals surface area contributed by atoms with E-state index in [0.717, 1.165) is 25.2 Å². The van der Waals surface area contributed by atoms with Crippen LogP contribution in [0.15, 0.2) is 24.3 Å². The average molecular weight is 394 g/mol. The molecule has 25 heavy (non-hydrogen) atoms.